The van der Waals surface area contributed by atoms with Crippen molar-refractivity contribution in [1.29, 1.82) is 0 Å². The van der Waals surface area contributed by atoms with Crippen molar-refractivity contribution in [3.8, 4) is 22.6 Å². The minimum absolute atomic E-state index is 0.100. The Labute approximate surface area is 217 Å². The summed E-state index contributed by atoms with van der Waals surface area (Å²) in [7, 11) is 1.93. The van der Waals surface area contributed by atoms with Gasteiger partial charge in [0.15, 0.2) is 5.82 Å². The number of carbonyl (C=O) groups excluding carboxylic acids is 1. The van der Waals surface area contributed by atoms with Crippen molar-refractivity contribution in [3.63, 3.8) is 0 Å². The molecule has 0 bridgehead atoms. The second-order valence-corrected chi connectivity index (χ2v) is 9.53. The highest BCUT2D eigenvalue weighted by Crippen LogP contribution is 2.35. The van der Waals surface area contributed by atoms with Gasteiger partial charge in [-0.2, -0.15) is 0 Å². The number of benzene rings is 1. The SMILES string of the molecule is CNCCNCc1cc(-c2nc(-c3c(C)noc3C)c(C)c(N3CCN(C(C)=O)CC3)n2)ccc1Cl. The van der Waals surface area contributed by atoms with Crippen LogP contribution in [-0.2, 0) is 11.3 Å². The molecule has 3 heterocycles. The zero-order chi connectivity index (χ0) is 25.8. The summed E-state index contributed by atoms with van der Waals surface area (Å²) < 4.78 is 5.48. The van der Waals surface area contributed by atoms with E-state index < -0.39 is 0 Å². The van der Waals surface area contributed by atoms with Gasteiger partial charge in [-0.15, -0.1) is 0 Å². The maximum atomic E-state index is 11.8. The van der Waals surface area contributed by atoms with E-state index in [9.17, 15) is 4.79 Å². The van der Waals surface area contributed by atoms with Crippen LogP contribution in [0.5, 0.6) is 0 Å². The predicted molar refractivity (Wildman–Crippen MR) is 142 cm³/mol. The van der Waals surface area contributed by atoms with Crippen molar-refractivity contribution < 1.29 is 9.32 Å². The lowest BCUT2D eigenvalue weighted by Crippen LogP contribution is -2.48. The third-order valence-electron chi connectivity index (χ3n) is 6.59. The topological polar surface area (TPSA) is 99.4 Å². The van der Waals surface area contributed by atoms with Crippen molar-refractivity contribution >= 4 is 23.3 Å². The molecule has 10 heteroatoms. The molecular formula is C26H34ClN7O2. The number of carbonyl (C=O) groups is 1. The quantitative estimate of drug-likeness (QED) is 0.444. The summed E-state index contributed by atoms with van der Waals surface area (Å²) in [5.74, 6) is 2.30. The number of aromatic nitrogens is 3. The van der Waals surface area contributed by atoms with Crippen molar-refractivity contribution in [3.05, 3.63) is 45.8 Å². The predicted octanol–water partition coefficient (Wildman–Crippen LogP) is 3.35. The zero-order valence-corrected chi connectivity index (χ0v) is 22.4. The van der Waals surface area contributed by atoms with Crippen molar-refractivity contribution in [2.24, 2.45) is 0 Å². The Hall–Kier alpha value is -3.01. The highest BCUT2D eigenvalue weighted by Gasteiger charge is 2.26. The number of hydrogen-bond donors (Lipinski definition) is 2. The van der Waals surface area contributed by atoms with Crippen LogP contribution in [0.3, 0.4) is 0 Å². The Morgan fingerprint density at radius 1 is 1.11 bits per heavy atom. The molecule has 2 N–H and O–H groups in total. The number of halogens is 1. The molecule has 1 aliphatic rings. The molecule has 36 heavy (non-hydrogen) atoms. The van der Waals surface area contributed by atoms with Gasteiger partial charge in [-0.3, -0.25) is 4.79 Å². The largest absolute Gasteiger partial charge is 0.361 e. The fourth-order valence-corrected chi connectivity index (χ4v) is 4.71. The van der Waals surface area contributed by atoms with E-state index in [1.54, 1.807) is 6.92 Å². The highest BCUT2D eigenvalue weighted by atomic mass is 35.5. The molecule has 4 rings (SSSR count). The molecule has 9 nitrogen and oxygen atoms in total. The van der Waals surface area contributed by atoms with E-state index in [4.69, 9.17) is 26.1 Å². The second-order valence-electron chi connectivity index (χ2n) is 9.12. The molecule has 0 unspecified atom stereocenters. The smallest absolute Gasteiger partial charge is 0.219 e. The van der Waals surface area contributed by atoms with Gasteiger partial charge in [-0.05, 0) is 51.6 Å². The Balaban J connectivity index is 1.76. The summed E-state index contributed by atoms with van der Waals surface area (Å²) in [6, 6.07) is 5.91. The molecule has 1 saturated heterocycles. The number of anilines is 1. The van der Waals surface area contributed by atoms with E-state index in [2.05, 4.69) is 20.7 Å². The molecule has 0 atom stereocenters. The number of amides is 1. The van der Waals surface area contributed by atoms with Crippen LogP contribution in [0.15, 0.2) is 22.7 Å². The van der Waals surface area contributed by atoms with Crippen molar-refractivity contribution in [2.45, 2.75) is 34.2 Å². The van der Waals surface area contributed by atoms with Gasteiger partial charge in [0.05, 0.1) is 17.0 Å². The summed E-state index contributed by atoms with van der Waals surface area (Å²) >= 11 is 6.51. The average molecular weight is 512 g/mol. The zero-order valence-electron chi connectivity index (χ0n) is 21.6. The molecule has 3 aromatic rings. The van der Waals surface area contributed by atoms with E-state index >= 15 is 0 Å². The van der Waals surface area contributed by atoms with Crippen molar-refractivity contribution in [1.82, 2.24) is 30.7 Å². The van der Waals surface area contributed by atoms with Gasteiger partial charge in [0.1, 0.15) is 11.6 Å². The summed E-state index contributed by atoms with van der Waals surface area (Å²) in [5, 5.41) is 11.4. The molecule has 1 fully saturated rings. The second kappa shape index (κ2) is 11.4. The lowest BCUT2D eigenvalue weighted by molar-refractivity contribution is -0.129. The maximum Gasteiger partial charge on any atom is 0.219 e. The number of nitrogens with zero attached hydrogens (tertiary/aromatic N) is 5. The summed E-state index contributed by atoms with van der Waals surface area (Å²) in [6.45, 7) is 12.6. The van der Waals surface area contributed by atoms with Crippen LogP contribution < -0.4 is 15.5 Å². The fraction of sp³-hybridized carbons (Fsp3) is 0.462. The van der Waals surface area contributed by atoms with Gasteiger partial charge >= 0.3 is 0 Å². The number of hydrogen-bond acceptors (Lipinski definition) is 8. The summed E-state index contributed by atoms with van der Waals surface area (Å²) in [4.78, 5) is 26.0. The van der Waals surface area contributed by atoms with Crippen LogP contribution >= 0.6 is 11.6 Å². The van der Waals surface area contributed by atoms with Crippen LogP contribution in [-0.4, -0.2) is 72.2 Å². The molecule has 1 aromatic carbocycles. The standard InChI is InChI=1S/C26H34ClN7O2/c1-16-24(23-17(2)32-36-18(23)3)30-25(31-26(16)34-12-10-33(11-13-34)19(4)35)20-6-7-22(27)21(14-20)15-29-9-8-28-5/h6-7,14,28-29H,8-13,15H2,1-5H3. The number of aryl methyl sites for hydroxylation is 2. The first kappa shape index (κ1) is 26.1. The van der Waals surface area contributed by atoms with E-state index in [-0.39, 0.29) is 5.91 Å². The van der Waals surface area contributed by atoms with Gasteiger partial charge < -0.3 is 25.0 Å². The fourth-order valence-electron chi connectivity index (χ4n) is 4.53. The Morgan fingerprint density at radius 3 is 2.50 bits per heavy atom. The Bertz CT molecular complexity index is 1220. The van der Waals surface area contributed by atoms with Crippen LogP contribution in [0.4, 0.5) is 5.82 Å². The first-order valence-corrected chi connectivity index (χ1v) is 12.6. The van der Waals surface area contributed by atoms with E-state index in [0.717, 1.165) is 58.3 Å². The molecule has 0 radical (unpaired) electrons. The minimum atomic E-state index is 0.100. The van der Waals surface area contributed by atoms with Crippen LogP contribution in [0.2, 0.25) is 5.02 Å². The maximum absolute atomic E-state index is 11.8. The molecule has 1 aliphatic heterocycles. The molecule has 2 aromatic heterocycles. The van der Waals surface area contributed by atoms with Crippen LogP contribution in [0, 0.1) is 20.8 Å². The molecule has 192 valence electrons. The lowest BCUT2D eigenvalue weighted by Gasteiger charge is -2.36. The average Bonchev–Trinajstić information content (AvgIpc) is 3.20. The van der Waals surface area contributed by atoms with E-state index in [1.165, 1.54) is 0 Å². The summed E-state index contributed by atoms with van der Waals surface area (Å²) in [5.41, 5.74) is 5.34. The van der Waals surface area contributed by atoms with Gasteiger partial charge in [0, 0.05) is 68.9 Å². The number of nitrogens with one attached hydrogen (secondary N) is 2. The van der Waals surface area contributed by atoms with E-state index in [0.29, 0.717) is 43.6 Å². The van der Waals surface area contributed by atoms with Gasteiger partial charge in [-0.25, -0.2) is 9.97 Å². The normalized spacial score (nSPS) is 13.9. The van der Waals surface area contributed by atoms with Crippen molar-refractivity contribution in [2.75, 3.05) is 51.2 Å². The number of piperazine rings is 1. The third kappa shape index (κ3) is 5.53. The first-order chi connectivity index (χ1) is 17.3. The summed E-state index contributed by atoms with van der Waals surface area (Å²) in [6.07, 6.45) is 0. The Morgan fingerprint density at radius 2 is 1.86 bits per heavy atom. The van der Waals surface area contributed by atoms with E-state index in [1.807, 2.05) is 50.9 Å². The lowest BCUT2D eigenvalue weighted by atomic mass is 10.0. The third-order valence-corrected chi connectivity index (χ3v) is 6.95. The van der Waals surface area contributed by atoms with Gasteiger partial charge in [-0.1, -0.05) is 16.8 Å². The molecule has 1 amide bonds. The molecule has 0 aliphatic carbocycles. The van der Waals surface area contributed by atoms with Gasteiger partial charge in [0.2, 0.25) is 5.91 Å². The van der Waals surface area contributed by atoms with Crippen LogP contribution in [0.25, 0.3) is 22.6 Å². The highest BCUT2D eigenvalue weighted by molar-refractivity contribution is 6.31. The molecule has 0 spiro atoms. The Kier molecular flexibility index (Phi) is 8.23. The first-order valence-electron chi connectivity index (χ1n) is 12.3. The monoisotopic (exact) mass is 511 g/mol. The number of rotatable bonds is 8. The number of likely N-dealkylation sites (N-methyl/N-ethyl adjacent to an activating group) is 1. The molecular weight excluding hydrogens is 478 g/mol. The molecule has 0 saturated carbocycles. The minimum Gasteiger partial charge on any atom is -0.361 e. The van der Waals surface area contributed by atoms with Crippen LogP contribution in [0.1, 0.15) is 29.5 Å². The van der Waals surface area contributed by atoms with Gasteiger partial charge in [0.25, 0.3) is 0 Å².